The van der Waals surface area contributed by atoms with Gasteiger partial charge >= 0.3 is 0 Å². The summed E-state index contributed by atoms with van der Waals surface area (Å²) in [6, 6.07) is 7.97. The monoisotopic (exact) mass is 317 g/mol. The number of nitrogens with one attached hydrogen (secondary N) is 3. The lowest BCUT2D eigenvalue weighted by Gasteiger charge is -2.14. The Hall–Kier alpha value is -3.40. The number of fused-ring (bicyclic) bond motifs is 3. The van der Waals surface area contributed by atoms with Crippen LogP contribution in [0.15, 0.2) is 30.6 Å². The Balaban J connectivity index is 2.05. The molecule has 7 nitrogen and oxygen atoms in total. The van der Waals surface area contributed by atoms with Gasteiger partial charge in [-0.2, -0.15) is 5.26 Å². The molecule has 118 valence electrons. The summed E-state index contributed by atoms with van der Waals surface area (Å²) in [5.74, 6) is 0. The molecular weight excluding hydrogens is 302 g/mol. The van der Waals surface area contributed by atoms with Gasteiger partial charge in [0.25, 0.3) is 0 Å². The molecule has 24 heavy (non-hydrogen) atoms. The van der Waals surface area contributed by atoms with Gasteiger partial charge in [0.1, 0.15) is 5.69 Å². The molecule has 0 saturated carbocycles. The van der Waals surface area contributed by atoms with E-state index in [9.17, 15) is 0 Å². The van der Waals surface area contributed by atoms with Crippen molar-refractivity contribution >= 4 is 27.6 Å². The Kier molecular flexibility index (Phi) is 3.17. The molecule has 0 amide bonds. The van der Waals surface area contributed by atoms with Crippen LogP contribution in [0.1, 0.15) is 19.4 Å². The van der Waals surface area contributed by atoms with Crippen LogP contribution in [0, 0.1) is 11.3 Å². The van der Waals surface area contributed by atoms with E-state index in [4.69, 9.17) is 5.26 Å². The van der Waals surface area contributed by atoms with Gasteiger partial charge in [0.05, 0.1) is 34.6 Å². The third-order valence-electron chi connectivity index (χ3n) is 3.87. The van der Waals surface area contributed by atoms with E-state index in [0.29, 0.717) is 5.56 Å². The fraction of sp³-hybridized carbons (Fsp3) is 0.176. The van der Waals surface area contributed by atoms with Crippen molar-refractivity contribution in [3.8, 4) is 17.3 Å². The average Bonchev–Trinajstić information content (AvgIpc) is 3.21. The molecule has 3 heterocycles. The number of nitrogens with zero attached hydrogens (tertiary/aromatic N) is 4. The van der Waals surface area contributed by atoms with Gasteiger partial charge in [0, 0.05) is 28.7 Å². The molecule has 0 aliphatic rings. The minimum atomic E-state index is 0.238. The number of nitriles is 1. The largest absolute Gasteiger partial charge is 0.381 e. The fourth-order valence-corrected chi connectivity index (χ4v) is 2.86. The van der Waals surface area contributed by atoms with Crippen molar-refractivity contribution < 1.29 is 0 Å². The van der Waals surface area contributed by atoms with Crippen LogP contribution in [0.25, 0.3) is 33.2 Å². The first-order valence-corrected chi connectivity index (χ1v) is 7.65. The molecular formula is C17H15N7. The third-order valence-corrected chi connectivity index (χ3v) is 3.87. The van der Waals surface area contributed by atoms with Crippen LogP contribution in [0.2, 0.25) is 0 Å². The second kappa shape index (κ2) is 5.35. The van der Waals surface area contributed by atoms with Gasteiger partial charge < -0.3 is 10.3 Å². The number of anilines is 1. The van der Waals surface area contributed by atoms with E-state index >= 15 is 0 Å². The molecule has 4 rings (SSSR count). The van der Waals surface area contributed by atoms with Gasteiger partial charge in [0.15, 0.2) is 0 Å². The number of hydrogen-bond donors (Lipinski definition) is 3. The predicted molar refractivity (Wildman–Crippen MR) is 92.5 cm³/mol. The zero-order valence-corrected chi connectivity index (χ0v) is 13.3. The number of pyridine rings is 1. The molecule has 1 aromatic carbocycles. The van der Waals surface area contributed by atoms with Crippen molar-refractivity contribution in [2.24, 2.45) is 0 Å². The molecule has 3 aromatic heterocycles. The van der Waals surface area contributed by atoms with Crippen molar-refractivity contribution in [3.05, 3.63) is 36.2 Å². The fourth-order valence-electron chi connectivity index (χ4n) is 2.86. The zero-order chi connectivity index (χ0) is 16.7. The summed E-state index contributed by atoms with van der Waals surface area (Å²) >= 11 is 0. The molecule has 0 spiro atoms. The van der Waals surface area contributed by atoms with E-state index < -0.39 is 0 Å². The first kappa shape index (κ1) is 14.2. The Labute approximate surface area is 137 Å². The van der Waals surface area contributed by atoms with Crippen molar-refractivity contribution in [2.45, 2.75) is 19.9 Å². The summed E-state index contributed by atoms with van der Waals surface area (Å²) in [5, 5.41) is 24.2. The van der Waals surface area contributed by atoms with Crippen LogP contribution in [0.4, 0.5) is 5.69 Å². The van der Waals surface area contributed by atoms with Crippen LogP contribution >= 0.6 is 0 Å². The first-order chi connectivity index (χ1) is 11.7. The zero-order valence-electron chi connectivity index (χ0n) is 13.3. The van der Waals surface area contributed by atoms with E-state index in [0.717, 1.165) is 38.9 Å². The number of rotatable bonds is 3. The van der Waals surface area contributed by atoms with E-state index in [-0.39, 0.29) is 6.04 Å². The van der Waals surface area contributed by atoms with Crippen LogP contribution < -0.4 is 5.32 Å². The molecule has 0 aliphatic heterocycles. The number of aromatic nitrogens is 5. The summed E-state index contributed by atoms with van der Waals surface area (Å²) < 4.78 is 0. The summed E-state index contributed by atoms with van der Waals surface area (Å²) in [6.07, 6.45) is 3.54. The van der Waals surface area contributed by atoms with E-state index in [1.54, 1.807) is 18.5 Å². The van der Waals surface area contributed by atoms with Gasteiger partial charge in [-0.25, -0.2) is 0 Å². The maximum Gasteiger partial charge on any atom is 0.116 e. The number of benzene rings is 1. The van der Waals surface area contributed by atoms with Crippen LogP contribution in [0.3, 0.4) is 0 Å². The topological polar surface area (TPSA) is 106 Å². The maximum absolute atomic E-state index is 9.10. The van der Waals surface area contributed by atoms with E-state index in [2.05, 4.69) is 50.6 Å². The average molecular weight is 317 g/mol. The first-order valence-electron chi connectivity index (χ1n) is 7.65. The molecule has 0 fully saturated rings. The number of hydrogen-bond acceptors (Lipinski definition) is 5. The molecule has 3 N–H and O–H groups in total. The minimum Gasteiger partial charge on any atom is -0.381 e. The lowest BCUT2D eigenvalue weighted by atomic mass is 10.1. The van der Waals surface area contributed by atoms with Gasteiger partial charge in [0.2, 0.25) is 0 Å². The van der Waals surface area contributed by atoms with Crippen LogP contribution in [-0.4, -0.2) is 31.4 Å². The summed E-state index contributed by atoms with van der Waals surface area (Å²) in [5.41, 5.74) is 5.79. The smallest absolute Gasteiger partial charge is 0.116 e. The normalized spacial score (nSPS) is 11.2. The van der Waals surface area contributed by atoms with Crippen molar-refractivity contribution in [3.63, 3.8) is 0 Å². The van der Waals surface area contributed by atoms with Gasteiger partial charge in [-0.1, -0.05) is 5.21 Å². The second-order valence-electron chi connectivity index (χ2n) is 5.93. The van der Waals surface area contributed by atoms with Gasteiger partial charge in [-0.05, 0) is 32.0 Å². The quantitative estimate of drug-likeness (QED) is 0.538. The lowest BCUT2D eigenvalue weighted by molar-refractivity contribution is 0.900. The lowest BCUT2D eigenvalue weighted by Crippen LogP contribution is -2.11. The molecule has 4 aromatic rings. The molecule has 0 saturated heterocycles. The molecule has 0 unspecified atom stereocenters. The Bertz CT molecular complexity index is 1070. The molecule has 0 radical (unpaired) electrons. The van der Waals surface area contributed by atoms with Gasteiger partial charge in [-0.15, -0.1) is 5.10 Å². The van der Waals surface area contributed by atoms with Crippen LogP contribution in [0.5, 0.6) is 0 Å². The predicted octanol–water partition coefficient (Wildman–Crippen LogP) is 3.19. The second-order valence-corrected chi connectivity index (χ2v) is 5.93. The number of aromatic amines is 2. The minimum absolute atomic E-state index is 0.238. The van der Waals surface area contributed by atoms with E-state index in [1.807, 2.05) is 12.1 Å². The molecule has 0 bridgehead atoms. The van der Waals surface area contributed by atoms with Crippen LogP contribution in [-0.2, 0) is 0 Å². The molecule has 0 atom stereocenters. The molecule has 7 heteroatoms. The van der Waals surface area contributed by atoms with Crippen molar-refractivity contribution in [2.75, 3.05) is 5.32 Å². The number of H-pyrrole nitrogens is 2. The highest BCUT2D eigenvalue weighted by molar-refractivity contribution is 6.11. The standard InChI is InChI=1S/C17H15N7/c1-9(2)21-16-12(14-8-20-24-23-14)7-19-15-11-4-3-10(6-18)5-13(11)22-17(15)16/h3-5,7-9,22H,1-2H3,(H,19,21)(H,20,23,24). The highest BCUT2D eigenvalue weighted by atomic mass is 15.3. The maximum atomic E-state index is 9.10. The van der Waals surface area contributed by atoms with Gasteiger partial charge in [-0.3, -0.25) is 10.1 Å². The van der Waals surface area contributed by atoms with Crippen molar-refractivity contribution in [1.29, 1.82) is 5.26 Å². The SMILES string of the molecule is CC(C)Nc1c(-c2c[nH]nn2)cnc2c1[nH]c1cc(C#N)ccc12. The Morgan fingerprint density at radius 1 is 1.29 bits per heavy atom. The summed E-state index contributed by atoms with van der Waals surface area (Å²) in [6.45, 7) is 4.16. The molecule has 0 aliphatic carbocycles. The summed E-state index contributed by atoms with van der Waals surface area (Å²) in [4.78, 5) is 8.01. The Morgan fingerprint density at radius 3 is 2.88 bits per heavy atom. The van der Waals surface area contributed by atoms with E-state index in [1.165, 1.54) is 0 Å². The Morgan fingerprint density at radius 2 is 2.17 bits per heavy atom. The summed E-state index contributed by atoms with van der Waals surface area (Å²) in [7, 11) is 0. The van der Waals surface area contributed by atoms with Crippen molar-refractivity contribution in [1.82, 2.24) is 25.4 Å². The highest BCUT2D eigenvalue weighted by Gasteiger charge is 2.17. The third kappa shape index (κ3) is 2.16. The highest BCUT2D eigenvalue weighted by Crippen LogP contribution is 2.35.